The van der Waals surface area contributed by atoms with E-state index in [4.69, 9.17) is 0 Å². The Bertz CT molecular complexity index is 1370. The van der Waals surface area contributed by atoms with Crippen molar-refractivity contribution in [2.75, 3.05) is 18.1 Å². The van der Waals surface area contributed by atoms with Crippen LogP contribution in [0.25, 0.3) is 5.57 Å². The Hall–Kier alpha value is -2.60. The Morgan fingerprint density at radius 3 is 2.22 bits per heavy atom. The van der Waals surface area contributed by atoms with Crippen molar-refractivity contribution in [3.05, 3.63) is 33.3 Å². The molecule has 2 amide bonds. The van der Waals surface area contributed by atoms with E-state index in [-0.39, 0.29) is 35.0 Å². The minimum absolute atomic E-state index is 0.237. The summed E-state index contributed by atoms with van der Waals surface area (Å²) < 4.78 is 132. The minimum atomic E-state index is -6.28. The number of alkyl halides is 8. The summed E-state index contributed by atoms with van der Waals surface area (Å²) in [5.74, 6) is -4.77. The molecule has 228 valence electrons. The van der Waals surface area contributed by atoms with Crippen molar-refractivity contribution in [2.45, 2.75) is 62.6 Å². The number of hydrogen-bond acceptors (Lipinski definition) is 7. The molecule has 0 radical (unpaired) electrons. The first-order valence-electron chi connectivity index (χ1n) is 12.2. The SMILES string of the molecule is C[C@H]1CCCN1C(=O)c1nc(C(=O)NC2CS(=O)(=O)C2)sc1C1=CC=C(C(O)(C(F)(F)F)C(F)(F)F)CC1C(F)F. The van der Waals surface area contributed by atoms with Crippen LogP contribution in [0.1, 0.15) is 51.4 Å². The van der Waals surface area contributed by atoms with Crippen LogP contribution in [0.15, 0.2) is 17.7 Å². The second kappa shape index (κ2) is 10.6. The summed E-state index contributed by atoms with van der Waals surface area (Å²) >= 11 is 0.422. The Morgan fingerprint density at radius 1 is 1.12 bits per heavy atom. The van der Waals surface area contributed by atoms with Gasteiger partial charge in [-0.1, -0.05) is 12.2 Å². The molecule has 2 aliphatic heterocycles. The summed E-state index contributed by atoms with van der Waals surface area (Å²) in [7, 11) is -3.34. The number of aromatic nitrogens is 1. The predicted molar refractivity (Wildman–Crippen MR) is 129 cm³/mol. The molecule has 1 aliphatic carbocycles. The smallest absolute Gasteiger partial charge is 0.370 e. The van der Waals surface area contributed by atoms with Gasteiger partial charge in [0.05, 0.1) is 28.3 Å². The number of carbonyl (C=O) groups excluding carboxylic acids is 2. The lowest BCUT2D eigenvalue weighted by molar-refractivity contribution is -0.353. The summed E-state index contributed by atoms with van der Waals surface area (Å²) in [6.45, 7) is 1.96. The number of rotatable bonds is 6. The average molecular weight is 638 g/mol. The van der Waals surface area contributed by atoms with E-state index in [2.05, 4.69) is 10.3 Å². The van der Waals surface area contributed by atoms with Crippen LogP contribution in [0, 0.1) is 5.92 Å². The molecule has 1 aromatic rings. The molecule has 8 nitrogen and oxygen atoms in total. The summed E-state index contributed by atoms with van der Waals surface area (Å²) in [5, 5.41) is 11.7. The van der Waals surface area contributed by atoms with Gasteiger partial charge in [-0.15, -0.1) is 11.3 Å². The maximum Gasteiger partial charge on any atom is 0.430 e. The molecular weight excluding hydrogens is 614 g/mol. The van der Waals surface area contributed by atoms with Crippen molar-refractivity contribution in [1.29, 1.82) is 0 Å². The molecule has 2 atom stereocenters. The zero-order chi connectivity index (χ0) is 30.7. The number of likely N-dealkylation sites (tertiary alicyclic amines) is 1. The Labute approximate surface area is 232 Å². The van der Waals surface area contributed by atoms with Gasteiger partial charge in [0.1, 0.15) is 5.69 Å². The molecule has 2 N–H and O–H groups in total. The molecule has 2 fully saturated rings. The summed E-state index contributed by atoms with van der Waals surface area (Å²) in [4.78, 5) is 31.2. The monoisotopic (exact) mass is 637 g/mol. The number of nitrogens with one attached hydrogen (secondary N) is 1. The molecule has 0 saturated carbocycles. The third kappa shape index (κ3) is 5.74. The van der Waals surface area contributed by atoms with Crippen molar-refractivity contribution < 1.29 is 58.2 Å². The third-order valence-electron chi connectivity index (χ3n) is 7.24. The second-order valence-corrected chi connectivity index (χ2v) is 13.3. The fraction of sp³-hybridized carbons (Fsp3) is 0.609. The molecule has 3 heterocycles. The van der Waals surface area contributed by atoms with Gasteiger partial charge >= 0.3 is 12.4 Å². The summed E-state index contributed by atoms with van der Waals surface area (Å²) in [5.41, 5.74) is -8.19. The topological polar surface area (TPSA) is 117 Å². The molecule has 0 bridgehead atoms. The van der Waals surface area contributed by atoms with Gasteiger partial charge in [-0.25, -0.2) is 22.2 Å². The number of carbonyl (C=O) groups is 2. The lowest BCUT2D eigenvalue weighted by atomic mass is 9.78. The Balaban J connectivity index is 1.81. The van der Waals surface area contributed by atoms with E-state index in [0.29, 0.717) is 30.3 Å². The van der Waals surface area contributed by atoms with Gasteiger partial charge < -0.3 is 15.3 Å². The molecule has 41 heavy (non-hydrogen) atoms. The highest BCUT2D eigenvalue weighted by Gasteiger charge is 2.72. The van der Waals surface area contributed by atoms with Gasteiger partial charge in [0.2, 0.25) is 6.43 Å². The predicted octanol–water partition coefficient (Wildman–Crippen LogP) is 3.74. The highest BCUT2D eigenvalue weighted by molar-refractivity contribution is 7.92. The highest BCUT2D eigenvalue weighted by atomic mass is 32.2. The van der Waals surface area contributed by atoms with Crippen LogP contribution in [-0.2, 0) is 9.84 Å². The van der Waals surface area contributed by atoms with Crippen molar-refractivity contribution in [1.82, 2.24) is 15.2 Å². The van der Waals surface area contributed by atoms with Crippen LogP contribution in [0.4, 0.5) is 35.1 Å². The maximum atomic E-state index is 14.2. The fourth-order valence-electron chi connectivity index (χ4n) is 5.01. The van der Waals surface area contributed by atoms with Gasteiger partial charge in [0.15, 0.2) is 14.8 Å². The number of aliphatic hydroxyl groups is 1. The summed E-state index contributed by atoms with van der Waals surface area (Å²) in [6.07, 6.45) is -15.7. The Morgan fingerprint density at radius 2 is 1.73 bits per heavy atom. The first-order valence-corrected chi connectivity index (χ1v) is 14.8. The molecule has 0 aromatic carbocycles. The van der Waals surface area contributed by atoms with Crippen LogP contribution in [0.2, 0.25) is 0 Å². The maximum absolute atomic E-state index is 14.2. The van der Waals surface area contributed by atoms with Gasteiger partial charge in [-0.2, -0.15) is 26.3 Å². The van der Waals surface area contributed by atoms with Crippen LogP contribution >= 0.6 is 11.3 Å². The fourth-order valence-corrected chi connectivity index (χ4v) is 7.36. The van der Waals surface area contributed by atoms with Crippen molar-refractivity contribution in [2.24, 2.45) is 5.92 Å². The standard InChI is InChI=1S/C23H23F8N3O5S2/c1-10-3-2-6-34(10)20(36)15-16(40-19(33-15)18(35)32-12-8-41(38,39)9-12)13-5-4-11(7-14(13)17(24)25)21(37,22(26,27)28)23(29,30)31/h4-5,10,12,14,17,37H,2-3,6-9H2,1H3,(H,32,35)/t10-,14?/m0/s1. The van der Waals surface area contributed by atoms with Gasteiger partial charge in [0, 0.05) is 12.6 Å². The summed E-state index contributed by atoms with van der Waals surface area (Å²) in [6, 6.07) is -1.07. The lowest BCUT2D eigenvalue weighted by Crippen LogP contribution is -2.58. The van der Waals surface area contributed by atoms with Gasteiger partial charge in [0.25, 0.3) is 17.4 Å². The van der Waals surface area contributed by atoms with E-state index in [0.717, 1.165) is 0 Å². The quantitative estimate of drug-likeness (QED) is 0.460. The molecule has 2 saturated heterocycles. The van der Waals surface area contributed by atoms with Crippen LogP contribution in [0.3, 0.4) is 0 Å². The molecule has 1 unspecified atom stereocenters. The average Bonchev–Trinajstić information content (AvgIpc) is 3.46. The lowest BCUT2D eigenvalue weighted by Gasteiger charge is -2.37. The van der Waals surface area contributed by atoms with Crippen LogP contribution in [0.5, 0.6) is 0 Å². The first kappa shape index (κ1) is 31.3. The van der Waals surface area contributed by atoms with E-state index >= 15 is 0 Å². The van der Waals surface area contributed by atoms with Crippen molar-refractivity contribution >= 4 is 38.6 Å². The third-order valence-corrected chi connectivity index (χ3v) is 10.2. The molecule has 3 aliphatic rings. The zero-order valence-electron chi connectivity index (χ0n) is 21.0. The Kier molecular flexibility index (Phi) is 8.10. The van der Waals surface area contributed by atoms with E-state index in [1.165, 1.54) is 4.90 Å². The second-order valence-electron chi connectivity index (χ2n) is 10.1. The molecular formula is C23H23F8N3O5S2. The number of hydrogen-bond donors (Lipinski definition) is 2. The minimum Gasteiger partial charge on any atom is -0.370 e. The number of allylic oxidation sites excluding steroid dienone is 3. The number of nitrogens with zero attached hydrogens (tertiary/aromatic N) is 2. The van der Waals surface area contributed by atoms with Crippen molar-refractivity contribution in [3.8, 4) is 0 Å². The van der Waals surface area contributed by atoms with Crippen molar-refractivity contribution in [3.63, 3.8) is 0 Å². The van der Waals surface area contributed by atoms with E-state index < -0.39 is 86.3 Å². The molecule has 1 aromatic heterocycles. The number of halogens is 8. The van der Waals surface area contributed by atoms with E-state index in [9.17, 15) is 58.2 Å². The first-order chi connectivity index (χ1) is 18.8. The highest BCUT2D eigenvalue weighted by Crippen LogP contribution is 2.52. The normalized spacial score (nSPS) is 23.7. The van der Waals surface area contributed by atoms with Gasteiger partial charge in [-0.3, -0.25) is 9.59 Å². The van der Waals surface area contributed by atoms with E-state index in [1.54, 1.807) is 6.92 Å². The molecule has 18 heteroatoms. The molecule has 0 spiro atoms. The zero-order valence-corrected chi connectivity index (χ0v) is 22.7. The van der Waals surface area contributed by atoms with E-state index in [1.807, 2.05) is 0 Å². The number of amides is 2. The largest absolute Gasteiger partial charge is 0.430 e. The van der Waals surface area contributed by atoms with Gasteiger partial charge in [-0.05, 0) is 37.3 Å². The number of sulfone groups is 1. The molecule has 4 rings (SSSR count). The number of thiazole rings is 1. The van der Waals surface area contributed by atoms with Crippen LogP contribution < -0.4 is 5.32 Å². The van der Waals surface area contributed by atoms with Crippen LogP contribution in [-0.4, -0.2) is 89.7 Å².